The van der Waals surface area contributed by atoms with Gasteiger partial charge in [0.15, 0.2) is 5.82 Å². The van der Waals surface area contributed by atoms with E-state index in [1.54, 1.807) is 12.1 Å². The van der Waals surface area contributed by atoms with Crippen LogP contribution >= 0.6 is 0 Å². The van der Waals surface area contributed by atoms with Crippen LogP contribution in [0.2, 0.25) is 0 Å². The third-order valence-electron chi connectivity index (χ3n) is 10.1. The minimum absolute atomic E-state index is 0.0106. The van der Waals surface area contributed by atoms with Gasteiger partial charge in [-0.1, -0.05) is 97.0 Å². The highest BCUT2D eigenvalue weighted by Crippen LogP contribution is 2.40. The molecular formula is C42H53F2N5O3. The van der Waals surface area contributed by atoms with Crippen molar-refractivity contribution in [3.05, 3.63) is 47.7 Å². The molecule has 2 aromatic carbocycles. The van der Waals surface area contributed by atoms with E-state index in [0.717, 1.165) is 64.2 Å². The van der Waals surface area contributed by atoms with E-state index in [4.69, 9.17) is 21.6 Å². The van der Waals surface area contributed by atoms with E-state index in [9.17, 15) is 4.79 Å². The van der Waals surface area contributed by atoms with Crippen LogP contribution in [0, 0.1) is 35.8 Å². The number of carbonyl (C=O) groups excluding carboxylic acids is 1. The van der Waals surface area contributed by atoms with Crippen LogP contribution in [-0.4, -0.2) is 47.2 Å². The van der Waals surface area contributed by atoms with Crippen molar-refractivity contribution in [2.45, 2.75) is 110 Å². The first kappa shape index (κ1) is 38.9. The van der Waals surface area contributed by atoms with Crippen LogP contribution < -0.4 is 20.1 Å². The van der Waals surface area contributed by atoms with E-state index in [-0.39, 0.29) is 57.4 Å². The monoisotopic (exact) mass is 713 g/mol. The maximum atomic E-state index is 16.9. The standard InChI is InChI=1S/C42H53F2N5O3/c1-6-9-11-13-14-16-18-28(17-15-12-10-7-2)41(50)52-31-22-29-19-20-35(43)32(8-3)36(29)33(23-31)38-37(44)39-34(24-46-38)40(48-42(47-39)51-5)49-25-27(4)21-30(45)26-49/h3,19-20,22-24,27-28,30H,6-7,9-18,21,25-26,45H2,1-2,4-5H3. The summed E-state index contributed by atoms with van der Waals surface area (Å²) in [5.74, 6) is 1.44. The third-order valence-corrected chi connectivity index (χ3v) is 10.1. The molecule has 3 atom stereocenters. The third kappa shape index (κ3) is 9.16. The number of esters is 1. The predicted octanol–water partition coefficient (Wildman–Crippen LogP) is 9.53. The van der Waals surface area contributed by atoms with Gasteiger partial charge in [0.1, 0.15) is 28.6 Å². The van der Waals surface area contributed by atoms with E-state index in [1.165, 1.54) is 44.7 Å². The van der Waals surface area contributed by atoms with Crippen LogP contribution in [0.25, 0.3) is 32.9 Å². The van der Waals surface area contributed by atoms with Gasteiger partial charge >= 0.3 is 12.0 Å². The Kier molecular flexibility index (Phi) is 13.8. The lowest BCUT2D eigenvalue weighted by atomic mass is 9.94. The summed E-state index contributed by atoms with van der Waals surface area (Å²) in [5.41, 5.74) is 6.37. The normalized spacial score (nSPS) is 16.6. The Hall–Kier alpha value is -4.36. The number of aromatic nitrogens is 3. The number of terminal acetylenes is 1. The number of anilines is 1. The number of rotatable bonds is 17. The number of hydrogen-bond donors (Lipinski definition) is 1. The van der Waals surface area contributed by atoms with Crippen molar-refractivity contribution in [1.82, 2.24) is 15.0 Å². The van der Waals surface area contributed by atoms with E-state index in [2.05, 4.69) is 41.6 Å². The van der Waals surface area contributed by atoms with Gasteiger partial charge in [0.2, 0.25) is 0 Å². The molecule has 8 nitrogen and oxygen atoms in total. The first-order valence-corrected chi connectivity index (χ1v) is 19.0. The lowest BCUT2D eigenvalue weighted by Gasteiger charge is -2.36. The summed E-state index contributed by atoms with van der Waals surface area (Å²) in [6.07, 6.45) is 20.7. The molecule has 52 heavy (non-hydrogen) atoms. The average molecular weight is 714 g/mol. The molecule has 2 aromatic heterocycles. The van der Waals surface area contributed by atoms with Crippen LogP contribution in [-0.2, 0) is 4.79 Å². The van der Waals surface area contributed by atoms with Gasteiger partial charge in [0.05, 0.1) is 24.0 Å². The van der Waals surface area contributed by atoms with Crippen molar-refractivity contribution in [3.63, 3.8) is 0 Å². The first-order valence-electron chi connectivity index (χ1n) is 19.0. The van der Waals surface area contributed by atoms with Gasteiger partial charge in [-0.15, -0.1) is 6.42 Å². The number of hydrogen-bond acceptors (Lipinski definition) is 8. The minimum atomic E-state index is -0.761. The van der Waals surface area contributed by atoms with Crippen molar-refractivity contribution in [2.24, 2.45) is 17.6 Å². The number of nitrogens with zero attached hydrogens (tertiary/aromatic N) is 4. The fraction of sp³-hybridized carbons (Fsp3) is 0.524. The Balaban J connectivity index is 1.56. The van der Waals surface area contributed by atoms with Gasteiger partial charge in [-0.3, -0.25) is 9.78 Å². The first-order chi connectivity index (χ1) is 25.2. The highest BCUT2D eigenvalue weighted by Gasteiger charge is 2.28. The summed E-state index contributed by atoms with van der Waals surface area (Å²) < 4.78 is 43.6. The Labute approximate surface area is 306 Å². The van der Waals surface area contributed by atoms with Crippen molar-refractivity contribution in [3.8, 4) is 35.4 Å². The average Bonchev–Trinajstić information content (AvgIpc) is 3.13. The molecule has 0 saturated carbocycles. The summed E-state index contributed by atoms with van der Waals surface area (Å²) >= 11 is 0. The summed E-state index contributed by atoms with van der Waals surface area (Å²) in [7, 11) is 1.42. The number of piperidine rings is 1. The second-order valence-corrected chi connectivity index (χ2v) is 14.4. The van der Waals surface area contributed by atoms with Gasteiger partial charge in [0.25, 0.3) is 0 Å². The van der Waals surface area contributed by atoms with E-state index in [1.807, 2.05) is 4.90 Å². The van der Waals surface area contributed by atoms with Crippen molar-refractivity contribution in [1.29, 1.82) is 0 Å². The number of fused-ring (bicyclic) bond motifs is 2. The number of unbranched alkanes of at least 4 members (excludes halogenated alkanes) is 8. The minimum Gasteiger partial charge on any atom is -0.467 e. The molecule has 1 aliphatic heterocycles. The number of carbonyl (C=O) groups is 1. The lowest BCUT2D eigenvalue weighted by Crippen LogP contribution is -2.46. The highest BCUT2D eigenvalue weighted by molar-refractivity contribution is 6.03. The largest absolute Gasteiger partial charge is 0.467 e. The molecule has 2 N–H and O–H groups in total. The number of methoxy groups -OCH3 is 1. The van der Waals surface area contributed by atoms with Gasteiger partial charge in [-0.25, -0.2) is 8.78 Å². The molecule has 278 valence electrons. The number of pyridine rings is 1. The van der Waals surface area contributed by atoms with Gasteiger partial charge in [-0.05, 0) is 48.8 Å². The number of nitrogens with two attached hydrogens (primary N) is 1. The van der Waals surface area contributed by atoms with Gasteiger partial charge in [-0.2, -0.15) is 9.97 Å². The van der Waals surface area contributed by atoms with E-state index in [0.29, 0.717) is 35.6 Å². The fourth-order valence-electron chi connectivity index (χ4n) is 7.48. The molecule has 3 unspecified atom stereocenters. The van der Waals surface area contributed by atoms with Crippen LogP contribution in [0.5, 0.6) is 11.8 Å². The van der Waals surface area contributed by atoms with Crippen molar-refractivity contribution >= 4 is 33.5 Å². The Morgan fingerprint density at radius 3 is 2.38 bits per heavy atom. The van der Waals surface area contributed by atoms with E-state index >= 15 is 8.78 Å². The molecule has 0 radical (unpaired) electrons. The zero-order valence-corrected chi connectivity index (χ0v) is 31.1. The summed E-state index contributed by atoms with van der Waals surface area (Å²) in [6.45, 7) is 7.68. The zero-order chi connectivity index (χ0) is 37.2. The molecule has 0 aliphatic carbocycles. The Morgan fingerprint density at radius 2 is 1.71 bits per heavy atom. The number of benzene rings is 2. The van der Waals surface area contributed by atoms with Crippen LogP contribution in [0.4, 0.5) is 14.6 Å². The summed E-state index contributed by atoms with van der Waals surface area (Å²) in [5, 5.41) is 1.16. The van der Waals surface area contributed by atoms with Crippen molar-refractivity contribution in [2.75, 3.05) is 25.1 Å². The van der Waals surface area contributed by atoms with Crippen LogP contribution in [0.15, 0.2) is 30.5 Å². The molecule has 10 heteroatoms. The van der Waals surface area contributed by atoms with Crippen molar-refractivity contribution < 1.29 is 23.0 Å². The lowest BCUT2D eigenvalue weighted by molar-refractivity contribution is -0.139. The second-order valence-electron chi connectivity index (χ2n) is 14.4. The molecule has 1 saturated heterocycles. The maximum absolute atomic E-state index is 16.9. The van der Waals surface area contributed by atoms with Crippen LogP contribution in [0.1, 0.15) is 110 Å². The molecule has 1 aliphatic rings. The highest BCUT2D eigenvalue weighted by atomic mass is 19.1. The van der Waals surface area contributed by atoms with Gasteiger partial charge < -0.3 is 20.1 Å². The number of halogens is 2. The quantitative estimate of drug-likeness (QED) is 0.0500. The molecule has 1 fully saturated rings. The molecule has 0 bridgehead atoms. The summed E-state index contributed by atoms with van der Waals surface area (Å²) in [6, 6.07) is 5.91. The second kappa shape index (κ2) is 18.4. The zero-order valence-electron chi connectivity index (χ0n) is 31.1. The molecule has 5 rings (SSSR count). The number of ether oxygens (including phenoxy) is 2. The van der Waals surface area contributed by atoms with Gasteiger partial charge in [0, 0.05) is 36.3 Å². The summed E-state index contributed by atoms with van der Waals surface area (Å²) in [4.78, 5) is 29.4. The molecule has 0 amide bonds. The fourth-order valence-corrected chi connectivity index (χ4v) is 7.48. The maximum Gasteiger partial charge on any atom is 0.318 e. The smallest absolute Gasteiger partial charge is 0.318 e. The molecule has 0 spiro atoms. The predicted molar refractivity (Wildman–Crippen MR) is 205 cm³/mol. The molecule has 4 aromatic rings. The van der Waals surface area contributed by atoms with Crippen LogP contribution in [0.3, 0.4) is 0 Å². The Bertz CT molecular complexity index is 1880. The van der Waals surface area contributed by atoms with E-state index < -0.39 is 11.6 Å². The molecule has 3 heterocycles. The SMILES string of the molecule is C#Cc1c(F)ccc2cc(OC(=O)C(CCCCCC)CCCCCCCC)cc(-c3ncc4c(N5CC(C)CC(N)C5)nc(OC)nc4c3F)c12. The topological polar surface area (TPSA) is 103 Å². The molecular weight excluding hydrogens is 660 g/mol. The Morgan fingerprint density at radius 1 is 1.02 bits per heavy atom.